The highest BCUT2D eigenvalue weighted by atomic mass is 32.2. The number of carbonyl (C=O) groups is 1. The predicted octanol–water partition coefficient (Wildman–Crippen LogP) is 2.50. The number of hydrogen-bond acceptors (Lipinski definition) is 6. The van der Waals surface area contributed by atoms with Crippen LogP contribution >= 0.6 is 0 Å². The molecule has 10 heteroatoms. The van der Waals surface area contributed by atoms with Gasteiger partial charge in [0.15, 0.2) is 11.5 Å². The van der Waals surface area contributed by atoms with E-state index >= 15 is 0 Å². The Morgan fingerprint density at radius 3 is 2.43 bits per heavy atom. The van der Waals surface area contributed by atoms with Crippen molar-refractivity contribution >= 4 is 22.2 Å². The number of halogens is 3. The molecule has 6 nitrogen and oxygen atoms in total. The van der Waals surface area contributed by atoms with Gasteiger partial charge in [-0.1, -0.05) is 6.07 Å². The zero-order chi connectivity index (χ0) is 17.7. The first-order chi connectivity index (χ1) is 10.6. The average Bonchev–Trinajstić information content (AvgIpc) is 2.46. The topological polar surface area (TPSA) is 78.9 Å². The monoisotopic (exact) mass is 354 g/mol. The molecule has 23 heavy (non-hydrogen) atoms. The summed E-state index contributed by atoms with van der Waals surface area (Å²) in [5.74, 6) is -1.46. The summed E-state index contributed by atoms with van der Waals surface area (Å²) in [7, 11) is -4.63. The highest BCUT2D eigenvalue weighted by Gasteiger charge is 2.48. The average molecular weight is 354 g/mol. The second kappa shape index (κ2) is 7.36. The minimum absolute atomic E-state index is 0.0621. The molecule has 1 aromatic rings. The lowest BCUT2D eigenvalue weighted by molar-refractivity contribution is -0.134. The summed E-state index contributed by atoms with van der Waals surface area (Å²) in [5.41, 5.74) is -5.18. The minimum atomic E-state index is -5.81. The van der Waals surface area contributed by atoms with Crippen molar-refractivity contribution in [2.45, 2.75) is 12.4 Å². The molecule has 0 heterocycles. The summed E-state index contributed by atoms with van der Waals surface area (Å²) in [6.07, 6.45) is 2.40. The van der Waals surface area contributed by atoms with Crippen LogP contribution in [-0.4, -0.2) is 33.6 Å². The van der Waals surface area contributed by atoms with E-state index in [1.54, 1.807) is 6.92 Å². The van der Waals surface area contributed by atoms with Crippen molar-refractivity contribution in [3.8, 4) is 11.5 Å². The van der Waals surface area contributed by atoms with Crippen LogP contribution in [0.3, 0.4) is 0 Å². The van der Waals surface area contributed by atoms with Crippen LogP contribution in [0.2, 0.25) is 0 Å². The zero-order valence-electron chi connectivity index (χ0n) is 12.1. The zero-order valence-corrected chi connectivity index (χ0v) is 12.9. The normalized spacial score (nSPS) is 12.2. The van der Waals surface area contributed by atoms with Gasteiger partial charge in [0.2, 0.25) is 0 Å². The third-order valence-corrected chi connectivity index (χ3v) is 3.33. The van der Waals surface area contributed by atoms with Crippen LogP contribution in [0.4, 0.5) is 13.2 Å². The van der Waals surface area contributed by atoms with Crippen LogP contribution in [0, 0.1) is 0 Å². The minimum Gasteiger partial charge on any atom is -0.490 e. The first-order valence-electron chi connectivity index (χ1n) is 6.14. The van der Waals surface area contributed by atoms with Crippen molar-refractivity contribution < 1.29 is 40.0 Å². The molecule has 0 unspecified atom stereocenters. The molecule has 1 rings (SSSR count). The van der Waals surface area contributed by atoms with Gasteiger partial charge in [-0.05, 0) is 30.7 Å². The molecule has 0 radical (unpaired) electrons. The summed E-state index contributed by atoms with van der Waals surface area (Å²) < 4.78 is 72.6. The van der Waals surface area contributed by atoms with E-state index in [1.807, 2.05) is 0 Å². The number of esters is 1. The Hall–Kier alpha value is -2.23. The second-order valence-corrected chi connectivity index (χ2v) is 5.52. The van der Waals surface area contributed by atoms with E-state index in [0.29, 0.717) is 5.56 Å². The summed E-state index contributed by atoms with van der Waals surface area (Å²) in [5, 5.41) is 0. The van der Waals surface area contributed by atoms with E-state index in [-0.39, 0.29) is 12.4 Å². The SMILES string of the molecule is CCOc1cc(C=CC(=O)OC)ccc1OS(=O)(=O)C(F)(F)F. The lowest BCUT2D eigenvalue weighted by Gasteiger charge is -2.13. The van der Waals surface area contributed by atoms with Crippen LogP contribution in [0.25, 0.3) is 6.08 Å². The van der Waals surface area contributed by atoms with Gasteiger partial charge in [-0.3, -0.25) is 0 Å². The smallest absolute Gasteiger partial charge is 0.490 e. The Bertz CT molecular complexity index is 694. The fourth-order valence-corrected chi connectivity index (χ4v) is 1.83. The number of ether oxygens (including phenoxy) is 2. The molecule has 0 aromatic heterocycles. The van der Waals surface area contributed by atoms with Crippen LogP contribution in [-0.2, 0) is 19.6 Å². The number of hydrogen-bond donors (Lipinski definition) is 0. The van der Waals surface area contributed by atoms with Crippen molar-refractivity contribution in [3.63, 3.8) is 0 Å². The lowest BCUT2D eigenvalue weighted by atomic mass is 10.2. The maximum absolute atomic E-state index is 12.3. The highest BCUT2D eigenvalue weighted by molar-refractivity contribution is 7.88. The van der Waals surface area contributed by atoms with E-state index in [4.69, 9.17) is 4.74 Å². The molecular weight excluding hydrogens is 341 g/mol. The van der Waals surface area contributed by atoms with Crippen molar-refractivity contribution in [3.05, 3.63) is 29.8 Å². The quantitative estimate of drug-likeness (QED) is 0.338. The van der Waals surface area contributed by atoms with Gasteiger partial charge in [-0.15, -0.1) is 0 Å². The molecular formula is C13H13F3O6S. The Morgan fingerprint density at radius 2 is 1.91 bits per heavy atom. The number of rotatable bonds is 6. The molecule has 0 atom stereocenters. The van der Waals surface area contributed by atoms with E-state index < -0.39 is 27.3 Å². The maximum Gasteiger partial charge on any atom is 0.534 e. The first-order valence-corrected chi connectivity index (χ1v) is 7.55. The maximum atomic E-state index is 12.3. The predicted molar refractivity (Wildman–Crippen MR) is 74.3 cm³/mol. The molecule has 0 saturated heterocycles. The molecule has 0 saturated carbocycles. The molecule has 128 valence electrons. The standard InChI is InChI=1S/C13H13F3O6S/c1-3-21-11-8-9(5-7-12(17)20-2)4-6-10(11)22-23(18,19)13(14,15)16/h4-8H,3H2,1-2H3. The molecule has 0 aliphatic carbocycles. The molecule has 0 spiro atoms. The fourth-order valence-electron chi connectivity index (χ4n) is 1.36. The third kappa shape index (κ3) is 5.16. The molecule has 0 amide bonds. The molecule has 0 bridgehead atoms. The number of carbonyl (C=O) groups excluding carboxylic acids is 1. The third-order valence-electron chi connectivity index (χ3n) is 2.36. The summed E-state index contributed by atoms with van der Waals surface area (Å²) in [6, 6.07) is 3.47. The van der Waals surface area contributed by atoms with Crippen LogP contribution < -0.4 is 8.92 Å². The van der Waals surface area contributed by atoms with E-state index in [9.17, 15) is 26.4 Å². The fraction of sp³-hybridized carbons (Fsp3) is 0.308. The molecule has 0 N–H and O–H groups in total. The number of benzene rings is 1. The van der Waals surface area contributed by atoms with Crippen molar-refractivity contribution in [2.75, 3.05) is 13.7 Å². The van der Waals surface area contributed by atoms with Crippen LogP contribution in [0.15, 0.2) is 24.3 Å². The van der Waals surface area contributed by atoms with Gasteiger partial charge in [0.25, 0.3) is 0 Å². The Kier molecular flexibility index (Phi) is 6.02. The van der Waals surface area contributed by atoms with Crippen molar-refractivity contribution in [2.24, 2.45) is 0 Å². The van der Waals surface area contributed by atoms with E-state index in [2.05, 4.69) is 8.92 Å². The van der Waals surface area contributed by atoms with Gasteiger partial charge in [-0.2, -0.15) is 21.6 Å². The van der Waals surface area contributed by atoms with Gasteiger partial charge >= 0.3 is 21.6 Å². The summed E-state index contributed by atoms with van der Waals surface area (Å²) >= 11 is 0. The summed E-state index contributed by atoms with van der Waals surface area (Å²) in [4.78, 5) is 11.0. The number of alkyl halides is 3. The van der Waals surface area contributed by atoms with Gasteiger partial charge in [0.05, 0.1) is 13.7 Å². The van der Waals surface area contributed by atoms with E-state index in [1.165, 1.54) is 25.3 Å². The lowest BCUT2D eigenvalue weighted by Crippen LogP contribution is -2.28. The van der Waals surface area contributed by atoms with Gasteiger partial charge in [-0.25, -0.2) is 4.79 Å². The Morgan fingerprint density at radius 1 is 1.26 bits per heavy atom. The van der Waals surface area contributed by atoms with Crippen molar-refractivity contribution in [1.82, 2.24) is 0 Å². The molecule has 0 fully saturated rings. The van der Waals surface area contributed by atoms with E-state index in [0.717, 1.165) is 12.1 Å². The highest BCUT2D eigenvalue weighted by Crippen LogP contribution is 2.34. The largest absolute Gasteiger partial charge is 0.534 e. The Balaban J connectivity index is 3.15. The number of methoxy groups -OCH3 is 1. The molecule has 0 aliphatic rings. The molecule has 0 aliphatic heterocycles. The Labute approximate surface area is 130 Å². The molecule has 1 aromatic carbocycles. The van der Waals surface area contributed by atoms with Crippen LogP contribution in [0.5, 0.6) is 11.5 Å². The van der Waals surface area contributed by atoms with Gasteiger partial charge < -0.3 is 13.7 Å². The van der Waals surface area contributed by atoms with Crippen molar-refractivity contribution in [1.29, 1.82) is 0 Å². The van der Waals surface area contributed by atoms with Crippen LogP contribution in [0.1, 0.15) is 12.5 Å². The summed E-state index contributed by atoms with van der Waals surface area (Å²) in [6.45, 7) is 1.62. The van der Waals surface area contributed by atoms with Gasteiger partial charge in [0.1, 0.15) is 0 Å². The van der Waals surface area contributed by atoms with Gasteiger partial charge in [0, 0.05) is 6.08 Å². The second-order valence-electron chi connectivity index (χ2n) is 3.98. The first kappa shape index (κ1) is 18.8.